The van der Waals surface area contributed by atoms with Crippen LogP contribution in [0.15, 0.2) is 42.5 Å². The quantitative estimate of drug-likeness (QED) is 0.499. The summed E-state index contributed by atoms with van der Waals surface area (Å²) in [5, 5.41) is 2.74. The molecule has 2 aromatic carbocycles. The molecule has 2 aromatic rings. The number of ether oxygens (including phenoxy) is 1. The van der Waals surface area contributed by atoms with Crippen LogP contribution in [0, 0.1) is 20.8 Å². The van der Waals surface area contributed by atoms with Crippen molar-refractivity contribution in [2.75, 3.05) is 18.6 Å². The lowest BCUT2D eigenvalue weighted by molar-refractivity contribution is -0.144. The van der Waals surface area contributed by atoms with Gasteiger partial charge in [-0.15, -0.1) is 0 Å². The zero-order chi connectivity index (χ0) is 21.4. The monoisotopic (exact) mass is 413 g/mol. The summed E-state index contributed by atoms with van der Waals surface area (Å²) in [6.45, 7) is 5.35. The lowest BCUT2D eigenvalue weighted by Gasteiger charge is -2.17. The molecular weight excluding hydrogens is 386 g/mol. The van der Waals surface area contributed by atoms with Crippen LogP contribution in [-0.2, 0) is 9.53 Å². The summed E-state index contributed by atoms with van der Waals surface area (Å²) >= 11 is 1.57. The Balaban J connectivity index is 2.02. The van der Waals surface area contributed by atoms with Crippen molar-refractivity contribution in [2.24, 2.45) is 0 Å². The minimum Gasteiger partial charge on any atom is -0.456 e. The van der Waals surface area contributed by atoms with Gasteiger partial charge in [-0.05, 0) is 56.9 Å². The molecule has 2 rings (SSSR count). The standard InChI is InChI=1S/C23H27NO4S/c1-15-6-5-7-18(13-15)22(26)24-20(10-11-29-4)23(27)28-14-21(25)19-9-8-16(2)12-17(19)3/h5-9,12-13,20H,10-11,14H2,1-4H3,(H,24,26)/t20-/m1/s1. The fourth-order valence-electron chi connectivity index (χ4n) is 2.95. The van der Waals surface area contributed by atoms with E-state index in [-0.39, 0.29) is 18.3 Å². The zero-order valence-electron chi connectivity index (χ0n) is 17.3. The van der Waals surface area contributed by atoms with Crippen molar-refractivity contribution >= 4 is 29.4 Å². The van der Waals surface area contributed by atoms with E-state index in [1.807, 2.05) is 45.2 Å². The highest BCUT2D eigenvalue weighted by atomic mass is 32.2. The molecule has 0 unspecified atom stereocenters. The van der Waals surface area contributed by atoms with Crippen molar-refractivity contribution in [3.63, 3.8) is 0 Å². The van der Waals surface area contributed by atoms with E-state index in [1.54, 1.807) is 36.0 Å². The minimum absolute atomic E-state index is 0.260. The normalized spacial score (nSPS) is 11.6. The summed E-state index contributed by atoms with van der Waals surface area (Å²) in [5.41, 5.74) is 3.89. The molecule has 0 fully saturated rings. The van der Waals surface area contributed by atoms with Crippen LogP contribution in [0.25, 0.3) is 0 Å². The number of rotatable bonds is 9. The van der Waals surface area contributed by atoms with Gasteiger partial charge in [-0.25, -0.2) is 4.79 Å². The predicted octanol–water partition coefficient (Wildman–Crippen LogP) is 3.89. The van der Waals surface area contributed by atoms with Gasteiger partial charge in [-0.1, -0.05) is 41.5 Å². The van der Waals surface area contributed by atoms with E-state index in [1.165, 1.54) is 0 Å². The van der Waals surface area contributed by atoms with Crippen molar-refractivity contribution in [1.29, 1.82) is 0 Å². The number of esters is 1. The molecule has 154 valence electrons. The smallest absolute Gasteiger partial charge is 0.329 e. The number of hydrogen-bond acceptors (Lipinski definition) is 5. The molecular formula is C23H27NO4S. The maximum atomic E-state index is 12.6. The highest BCUT2D eigenvalue weighted by Gasteiger charge is 2.24. The molecule has 0 heterocycles. The zero-order valence-corrected chi connectivity index (χ0v) is 18.1. The predicted molar refractivity (Wildman–Crippen MR) is 117 cm³/mol. The molecule has 0 saturated carbocycles. The van der Waals surface area contributed by atoms with E-state index in [2.05, 4.69) is 5.32 Å². The van der Waals surface area contributed by atoms with E-state index in [9.17, 15) is 14.4 Å². The maximum absolute atomic E-state index is 12.6. The molecule has 0 aliphatic carbocycles. The van der Waals surface area contributed by atoms with Crippen molar-refractivity contribution in [2.45, 2.75) is 33.2 Å². The van der Waals surface area contributed by atoms with Crippen LogP contribution in [-0.4, -0.2) is 42.3 Å². The fraction of sp³-hybridized carbons (Fsp3) is 0.348. The van der Waals surface area contributed by atoms with Crippen LogP contribution in [0.5, 0.6) is 0 Å². The number of ketones is 1. The molecule has 0 aliphatic heterocycles. The van der Waals surface area contributed by atoms with Crippen LogP contribution in [0.2, 0.25) is 0 Å². The lowest BCUT2D eigenvalue weighted by Crippen LogP contribution is -2.42. The Morgan fingerprint density at radius 3 is 2.41 bits per heavy atom. The first-order valence-corrected chi connectivity index (χ1v) is 10.8. The molecule has 0 saturated heterocycles. The van der Waals surface area contributed by atoms with Crippen LogP contribution < -0.4 is 5.32 Å². The molecule has 1 atom stereocenters. The van der Waals surface area contributed by atoms with Crippen molar-refractivity contribution in [1.82, 2.24) is 5.32 Å². The number of hydrogen-bond donors (Lipinski definition) is 1. The van der Waals surface area contributed by atoms with Gasteiger partial charge in [0, 0.05) is 11.1 Å². The van der Waals surface area contributed by atoms with Gasteiger partial charge in [-0.3, -0.25) is 9.59 Å². The third-order valence-corrected chi connectivity index (χ3v) is 5.15. The summed E-state index contributed by atoms with van der Waals surface area (Å²) in [5.74, 6) is -0.515. The molecule has 0 bridgehead atoms. The molecule has 0 aliphatic rings. The van der Waals surface area contributed by atoms with Crippen LogP contribution in [0.3, 0.4) is 0 Å². The Labute approximate surface area is 176 Å². The fourth-order valence-corrected chi connectivity index (χ4v) is 3.43. The number of thioether (sulfide) groups is 1. The van der Waals surface area contributed by atoms with Crippen LogP contribution in [0.1, 0.15) is 43.8 Å². The topological polar surface area (TPSA) is 72.5 Å². The van der Waals surface area contributed by atoms with Gasteiger partial charge in [0.05, 0.1) is 0 Å². The summed E-state index contributed by atoms with van der Waals surface area (Å²) in [6.07, 6.45) is 2.35. The second-order valence-corrected chi connectivity index (χ2v) is 8.01. The van der Waals surface area contributed by atoms with Gasteiger partial charge in [0.25, 0.3) is 5.91 Å². The third kappa shape index (κ3) is 6.75. The largest absolute Gasteiger partial charge is 0.456 e. The molecule has 1 amide bonds. The van der Waals surface area contributed by atoms with E-state index in [0.29, 0.717) is 23.3 Å². The number of nitrogens with one attached hydrogen (secondary N) is 1. The SMILES string of the molecule is CSCC[C@@H](NC(=O)c1cccc(C)c1)C(=O)OCC(=O)c1ccc(C)cc1C. The molecule has 1 N–H and O–H groups in total. The lowest BCUT2D eigenvalue weighted by atomic mass is 10.0. The molecule has 6 heteroatoms. The van der Waals surface area contributed by atoms with E-state index in [4.69, 9.17) is 4.74 Å². The summed E-state index contributed by atoms with van der Waals surface area (Å²) in [4.78, 5) is 37.5. The van der Waals surface area contributed by atoms with Crippen molar-refractivity contribution in [3.05, 3.63) is 70.3 Å². The Morgan fingerprint density at radius 2 is 1.76 bits per heavy atom. The van der Waals surface area contributed by atoms with E-state index >= 15 is 0 Å². The van der Waals surface area contributed by atoms with Crippen molar-refractivity contribution in [3.8, 4) is 0 Å². The Bertz CT molecular complexity index is 894. The second kappa shape index (κ2) is 10.8. The van der Waals surface area contributed by atoms with E-state index < -0.39 is 12.0 Å². The average molecular weight is 414 g/mol. The van der Waals surface area contributed by atoms with Crippen LogP contribution >= 0.6 is 11.8 Å². The van der Waals surface area contributed by atoms with Crippen LogP contribution in [0.4, 0.5) is 0 Å². The van der Waals surface area contributed by atoms with Gasteiger partial charge in [0.2, 0.25) is 5.78 Å². The number of amides is 1. The number of Topliss-reactive ketones (excluding diaryl/α,β-unsaturated/α-hetero) is 1. The van der Waals surface area contributed by atoms with Gasteiger partial charge in [0.1, 0.15) is 6.04 Å². The maximum Gasteiger partial charge on any atom is 0.329 e. The molecule has 29 heavy (non-hydrogen) atoms. The van der Waals surface area contributed by atoms with Gasteiger partial charge in [-0.2, -0.15) is 11.8 Å². The number of carbonyl (C=O) groups excluding carboxylic acids is 3. The number of carbonyl (C=O) groups is 3. The van der Waals surface area contributed by atoms with Gasteiger partial charge >= 0.3 is 5.97 Å². The molecule has 0 spiro atoms. The average Bonchev–Trinajstić information content (AvgIpc) is 2.68. The summed E-state index contributed by atoms with van der Waals surface area (Å²) in [6, 6.07) is 11.9. The molecule has 5 nitrogen and oxygen atoms in total. The number of aryl methyl sites for hydroxylation is 3. The molecule has 0 aromatic heterocycles. The first-order valence-electron chi connectivity index (χ1n) is 9.45. The third-order valence-electron chi connectivity index (χ3n) is 4.51. The molecule has 0 radical (unpaired) electrons. The first-order chi connectivity index (χ1) is 13.8. The van der Waals surface area contributed by atoms with Gasteiger partial charge < -0.3 is 10.1 Å². The summed E-state index contributed by atoms with van der Waals surface area (Å²) in [7, 11) is 0. The first kappa shape index (κ1) is 22.7. The highest BCUT2D eigenvalue weighted by molar-refractivity contribution is 7.98. The Hall–Kier alpha value is -2.60. The highest BCUT2D eigenvalue weighted by Crippen LogP contribution is 2.12. The van der Waals surface area contributed by atoms with Gasteiger partial charge in [0.15, 0.2) is 6.61 Å². The second-order valence-electron chi connectivity index (χ2n) is 7.03. The Morgan fingerprint density at radius 1 is 1.03 bits per heavy atom. The number of benzene rings is 2. The van der Waals surface area contributed by atoms with Crippen molar-refractivity contribution < 1.29 is 19.1 Å². The summed E-state index contributed by atoms with van der Waals surface area (Å²) < 4.78 is 5.25. The van der Waals surface area contributed by atoms with E-state index in [0.717, 1.165) is 16.7 Å². The minimum atomic E-state index is -0.803. The Kier molecular flexibility index (Phi) is 8.46.